The molecule has 0 aromatic carbocycles. The van der Waals surface area contributed by atoms with Crippen LogP contribution in [0.25, 0.3) is 0 Å². The minimum Gasteiger partial charge on any atom is -0.469 e. The van der Waals surface area contributed by atoms with E-state index in [1.807, 2.05) is 18.2 Å². The summed E-state index contributed by atoms with van der Waals surface area (Å²) < 4.78 is 10.1. The molecule has 1 heterocycles. The molecular formula is C21H34O4. The number of aliphatic hydroxyl groups is 1. The van der Waals surface area contributed by atoms with Crippen molar-refractivity contribution in [2.45, 2.75) is 83.0 Å². The summed E-state index contributed by atoms with van der Waals surface area (Å²) >= 11 is 0. The van der Waals surface area contributed by atoms with Crippen LogP contribution < -0.4 is 0 Å². The smallest absolute Gasteiger partial charge is 0.305 e. The molecule has 0 radical (unpaired) electrons. The molecule has 1 N–H and O–H groups in total. The second-order valence-corrected chi connectivity index (χ2v) is 6.44. The second-order valence-electron chi connectivity index (χ2n) is 6.44. The van der Waals surface area contributed by atoms with Crippen LogP contribution >= 0.6 is 0 Å². The third-order valence-electron chi connectivity index (χ3n) is 4.22. The Balaban J connectivity index is 2.04. The Labute approximate surface area is 152 Å². The number of hydrogen-bond donors (Lipinski definition) is 1. The lowest BCUT2D eigenvalue weighted by Crippen LogP contribution is -2.13. The van der Waals surface area contributed by atoms with Crippen molar-refractivity contribution >= 4 is 5.97 Å². The summed E-state index contributed by atoms with van der Waals surface area (Å²) in [6, 6.07) is 0. The van der Waals surface area contributed by atoms with Crippen molar-refractivity contribution in [2.24, 2.45) is 0 Å². The van der Waals surface area contributed by atoms with E-state index in [4.69, 9.17) is 4.74 Å². The lowest BCUT2D eigenvalue weighted by molar-refractivity contribution is -0.140. The Morgan fingerprint density at radius 2 is 1.88 bits per heavy atom. The zero-order chi connectivity index (χ0) is 18.3. The Kier molecular flexibility index (Phi) is 12.0. The van der Waals surface area contributed by atoms with E-state index in [9.17, 15) is 9.90 Å². The van der Waals surface area contributed by atoms with Gasteiger partial charge in [0.2, 0.25) is 0 Å². The standard InChI is InChI=1S/C21H34O4/c1-3-4-5-6-10-13-16-19-21(25-19)18(22)15-12-9-7-8-11-14-17-20(23)24-2/h7-8,10,12-13,15,18-19,21-22H,3-6,9,11,14,16-17H2,1-2H3/b8-7-,13-10-,15-12-/t18-,19+,21-/m1/s1. The summed E-state index contributed by atoms with van der Waals surface area (Å²) in [4.78, 5) is 10.9. The molecule has 0 saturated carbocycles. The van der Waals surface area contributed by atoms with Gasteiger partial charge in [-0.25, -0.2) is 0 Å². The SMILES string of the molecule is CCCCC/C=C\C[C@@H]1O[C@@H]1[C@H](O)/C=C\C/C=C\CCCC(=O)OC. The number of esters is 1. The molecule has 0 amide bonds. The van der Waals surface area contributed by atoms with E-state index in [0.29, 0.717) is 6.42 Å². The predicted octanol–water partition coefficient (Wildman–Crippen LogP) is 4.49. The number of ether oxygens (including phenoxy) is 2. The van der Waals surface area contributed by atoms with E-state index in [1.165, 1.54) is 26.4 Å². The molecule has 0 aromatic heterocycles. The molecule has 1 aliphatic heterocycles. The lowest BCUT2D eigenvalue weighted by atomic mass is 10.1. The number of carbonyl (C=O) groups is 1. The summed E-state index contributed by atoms with van der Waals surface area (Å²) in [6.07, 6.45) is 20.6. The number of allylic oxidation sites excluding steroid dienone is 4. The Hall–Kier alpha value is -1.39. The van der Waals surface area contributed by atoms with Crippen molar-refractivity contribution in [3.05, 3.63) is 36.5 Å². The van der Waals surface area contributed by atoms with Crippen molar-refractivity contribution in [1.29, 1.82) is 0 Å². The minimum atomic E-state index is -0.522. The third kappa shape index (κ3) is 11.0. The van der Waals surface area contributed by atoms with E-state index in [2.05, 4.69) is 29.9 Å². The van der Waals surface area contributed by atoms with Crippen molar-refractivity contribution in [3.63, 3.8) is 0 Å². The van der Waals surface area contributed by atoms with Gasteiger partial charge in [0.05, 0.1) is 13.2 Å². The lowest BCUT2D eigenvalue weighted by Gasteiger charge is -1.99. The molecule has 0 unspecified atom stereocenters. The average molecular weight is 350 g/mol. The molecule has 1 fully saturated rings. The van der Waals surface area contributed by atoms with Gasteiger partial charge >= 0.3 is 5.97 Å². The van der Waals surface area contributed by atoms with Gasteiger partial charge in [-0.05, 0) is 38.5 Å². The van der Waals surface area contributed by atoms with Gasteiger partial charge in [-0.1, -0.05) is 56.2 Å². The van der Waals surface area contributed by atoms with Crippen molar-refractivity contribution < 1.29 is 19.4 Å². The first-order valence-corrected chi connectivity index (χ1v) is 9.56. The van der Waals surface area contributed by atoms with E-state index in [0.717, 1.165) is 32.1 Å². The van der Waals surface area contributed by atoms with Crippen LogP contribution in [0.3, 0.4) is 0 Å². The van der Waals surface area contributed by atoms with Gasteiger partial charge in [0.1, 0.15) is 12.2 Å². The molecule has 142 valence electrons. The van der Waals surface area contributed by atoms with Gasteiger partial charge < -0.3 is 14.6 Å². The quantitative estimate of drug-likeness (QED) is 0.217. The molecule has 0 aromatic rings. The first-order valence-electron chi connectivity index (χ1n) is 9.56. The number of methoxy groups -OCH3 is 1. The molecule has 1 aliphatic rings. The first-order chi connectivity index (χ1) is 12.2. The molecule has 1 saturated heterocycles. The number of hydrogen-bond acceptors (Lipinski definition) is 4. The molecule has 4 nitrogen and oxygen atoms in total. The number of aliphatic hydroxyl groups excluding tert-OH is 1. The second kappa shape index (κ2) is 13.9. The topological polar surface area (TPSA) is 59.1 Å². The molecule has 1 rings (SSSR count). The van der Waals surface area contributed by atoms with Crippen LogP contribution in [0.5, 0.6) is 0 Å². The van der Waals surface area contributed by atoms with Crippen molar-refractivity contribution in [3.8, 4) is 0 Å². The van der Waals surface area contributed by atoms with Crippen LogP contribution in [0, 0.1) is 0 Å². The maximum atomic E-state index is 10.9. The molecule has 0 aliphatic carbocycles. The number of epoxide rings is 1. The van der Waals surface area contributed by atoms with E-state index in [1.54, 1.807) is 0 Å². The zero-order valence-corrected chi connectivity index (χ0v) is 15.7. The molecule has 25 heavy (non-hydrogen) atoms. The summed E-state index contributed by atoms with van der Waals surface area (Å²) in [5, 5.41) is 10.0. The van der Waals surface area contributed by atoms with E-state index < -0.39 is 6.10 Å². The van der Waals surface area contributed by atoms with Crippen molar-refractivity contribution in [2.75, 3.05) is 7.11 Å². The number of unbranched alkanes of at least 4 members (excludes halogenated alkanes) is 4. The highest BCUT2D eigenvalue weighted by Crippen LogP contribution is 2.29. The fraction of sp³-hybridized carbons (Fsp3) is 0.667. The average Bonchev–Trinajstić information content (AvgIpc) is 3.39. The van der Waals surface area contributed by atoms with Gasteiger partial charge in [-0.2, -0.15) is 0 Å². The number of rotatable bonds is 14. The van der Waals surface area contributed by atoms with E-state index in [-0.39, 0.29) is 18.2 Å². The summed E-state index contributed by atoms with van der Waals surface area (Å²) in [5.41, 5.74) is 0. The molecule has 0 spiro atoms. The van der Waals surface area contributed by atoms with Crippen molar-refractivity contribution in [1.82, 2.24) is 0 Å². The first kappa shape index (κ1) is 21.7. The highest BCUT2D eigenvalue weighted by atomic mass is 16.6. The fourth-order valence-electron chi connectivity index (χ4n) is 2.59. The summed E-state index contributed by atoms with van der Waals surface area (Å²) in [5.74, 6) is -0.161. The van der Waals surface area contributed by atoms with E-state index >= 15 is 0 Å². The molecule has 0 bridgehead atoms. The Morgan fingerprint density at radius 1 is 1.12 bits per heavy atom. The number of carbonyl (C=O) groups excluding carboxylic acids is 1. The van der Waals surface area contributed by atoms with Gasteiger partial charge in [-0.3, -0.25) is 4.79 Å². The largest absolute Gasteiger partial charge is 0.469 e. The summed E-state index contributed by atoms with van der Waals surface area (Å²) in [6.45, 7) is 2.21. The Morgan fingerprint density at radius 3 is 2.64 bits per heavy atom. The maximum absolute atomic E-state index is 10.9. The van der Waals surface area contributed by atoms with Gasteiger partial charge in [-0.15, -0.1) is 0 Å². The maximum Gasteiger partial charge on any atom is 0.305 e. The summed E-state index contributed by atoms with van der Waals surface area (Å²) in [7, 11) is 1.41. The zero-order valence-electron chi connectivity index (χ0n) is 15.7. The van der Waals surface area contributed by atoms with Gasteiger partial charge in [0, 0.05) is 6.42 Å². The van der Waals surface area contributed by atoms with Crippen LogP contribution in [0.4, 0.5) is 0 Å². The normalized spacial score (nSPS) is 21.4. The third-order valence-corrected chi connectivity index (χ3v) is 4.22. The van der Waals surface area contributed by atoms with Crippen LogP contribution in [-0.4, -0.2) is 36.5 Å². The van der Waals surface area contributed by atoms with Gasteiger partial charge in [0.25, 0.3) is 0 Å². The monoisotopic (exact) mass is 350 g/mol. The molecule has 4 heteroatoms. The van der Waals surface area contributed by atoms with Crippen LogP contribution in [0.15, 0.2) is 36.5 Å². The molecule has 3 atom stereocenters. The van der Waals surface area contributed by atoms with Crippen LogP contribution in [-0.2, 0) is 14.3 Å². The Bertz CT molecular complexity index is 439. The minimum absolute atomic E-state index is 0.0550. The van der Waals surface area contributed by atoms with Crippen LogP contribution in [0.1, 0.15) is 64.7 Å². The highest BCUT2D eigenvalue weighted by molar-refractivity contribution is 5.69. The fourth-order valence-corrected chi connectivity index (χ4v) is 2.59. The highest BCUT2D eigenvalue weighted by Gasteiger charge is 2.42. The predicted molar refractivity (Wildman–Crippen MR) is 101 cm³/mol. The van der Waals surface area contributed by atoms with Gasteiger partial charge in [0.15, 0.2) is 0 Å². The molecular weight excluding hydrogens is 316 g/mol. The van der Waals surface area contributed by atoms with Crippen LogP contribution in [0.2, 0.25) is 0 Å².